The van der Waals surface area contributed by atoms with Crippen LogP contribution in [0.3, 0.4) is 0 Å². The summed E-state index contributed by atoms with van der Waals surface area (Å²) < 4.78 is 0. The summed E-state index contributed by atoms with van der Waals surface area (Å²) >= 11 is 0. The van der Waals surface area contributed by atoms with E-state index >= 15 is 0 Å². The summed E-state index contributed by atoms with van der Waals surface area (Å²) in [6, 6.07) is 4.81. The number of carbonyl (C=O) groups excluding carboxylic acids is 1. The van der Waals surface area contributed by atoms with E-state index in [1.807, 2.05) is 0 Å². The lowest BCUT2D eigenvalue weighted by molar-refractivity contribution is -0.384. The fraction of sp³-hybridized carbons (Fsp3) is 0.417. The van der Waals surface area contributed by atoms with Gasteiger partial charge in [-0.1, -0.05) is 6.07 Å². The average molecular weight is 249 g/mol. The van der Waals surface area contributed by atoms with Gasteiger partial charge in [-0.25, -0.2) is 0 Å². The van der Waals surface area contributed by atoms with Gasteiger partial charge in [0.15, 0.2) is 0 Å². The fourth-order valence-corrected chi connectivity index (χ4v) is 1.95. The molecule has 1 saturated carbocycles. The van der Waals surface area contributed by atoms with E-state index in [1.165, 1.54) is 12.1 Å². The Kier molecular flexibility index (Phi) is 3.18. The number of nitro groups is 1. The third kappa shape index (κ3) is 2.13. The van der Waals surface area contributed by atoms with Crippen LogP contribution in [0, 0.1) is 10.1 Å². The Morgan fingerprint density at radius 1 is 1.50 bits per heavy atom. The molecule has 0 atom stereocenters. The summed E-state index contributed by atoms with van der Waals surface area (Å²) in [5, 5.41) is 13.7. The number of nitrogens with one attached hydrogen (secondary N) is 1. The van der Waals surface area contributed by atoms with Crippen LogP contribution in [0.5, 0.6) is 0 Å². The van der Waals surface area contributed by atoms with Gasteiger partial charge in [0.25, 0.3) is 11.6 Å². The van der Waals surface area contributed by atoms with Crippen LogP contribution in [0.2, 0.25) is 0 Å². The van der Waals surface area contributed by atoms with Crippen LogP contribution in [0.4, 0.5) is 11.4 Å². The van der Waals surface area contributed by atoms with Crippen molar-refractivity contribution in [2.75, 3.05) is 19.4 Å². The minimum absolute atomic E-state index is 0.0763. The zero-order chi connectivity index (χ0) is 13.3. The van der Waals surface area contributed by atoms with Crippen molar-refractivity contribution in [3.8, 4) is 0 Å². The highest BCUT2D eigenvalue weighted by atomic mass is 16.6. The molecule has 1 aromatic carbocycles. The SMILES string of the molecule is CNc1c(C(=O)N(C)C2CC2)cccc1[N+](=O)[O-]. The lowest BCUT2D eigenvalue weighted by Gasteiger charge is -2.18. The first-order valence-corrected chi connectivity index (χ1v) is 5.78. The van der Waals surface area contributed by atoms with Crippen LogP contribution in [0.15, 0.2) is 18.2 Å². The molecule has 0 radical (unpaired) electrons. The van der Waals surface area contributed by atoms with Crippen molar-refractivity contribution in [1.82, 2.24) is 4.90 Å². The maximum atomic E-state index is 12.2. The first kappa shape index (κ1) is 12.3. The minimum atomic E-state index is -0.486. The average Bonchev–Trinajstić information content (AvgIpc) is 3.20. The minimum Gasteiger partial charge on any atom is -0.382 e. The first-order chi connectivity index (χ1) is 8.56. The first-order valence-electron chi connectivity index (χ1n) is 5.78. The van der Waals surface area contributed by atoms with Crippen LogP contribution in [-0.2, 0) is 0 Å². The number of nitro benzene ring substituents is 1. The van der Waals surface area contributed by atoms with E-state index in [4.69, 9.17) is 0 Å². The van der Waals surface area contributed by atoms with E-state index in [9.17, 15) is 14.9 Å². The van der Waals surface area contributed by atoms with Crippen molar-refractivity contribution in [3.63, 3.8) is 0 Å². The van der Waals surface area contributed by atoms with Crippen LogP contribution in [0.25, 0.3) is 0 Å². The fourth-order valence-electron chi connectivity index (χ4n) is 1.95. The number of carbonyl (C=O) groups is 1. The largest absolute Gasteiger partial charge is 0.382 e. The quantitative estimate of drug-likeness (QED) is 0.653. The summed E-state index contributed by atoms with van der Waals surface area (Å²) in [6.45, 7) is 0. The molecular formula is C12H15N3O3. The molecule has 0 aliphatic heterocycles. The predicted molar refractivity (Wildman–Crippen MR) is 67.8 cm³/mol. The molecule has 96 valence electrons. The van der Waals surface area contributed by atoms with Crippen LogP contribution < -0.4 is 5.32 Å². The molecule has 0 saturated heterocycles. The Bertz CT molecular complexity index is 497. The second-order valence-electron chi connectivity index (χ2n) is 4.35. The van der Waals surface area contributed by atoms with Gasteiger partial charge in [0.2, 0.25) is 0 Å². The molecule has 0 bridgehead atoms. The van der Waals surface area contributed by atoms with Gasteiger partial charge in [-0.3, -0.25) is 14.9 Å². The lowest BCUT2D eigenvalue weighted by Crippen LogP contribution is -2.29. The number of anilines is 1. The predicted octanol–water partition coefficient (Wildman–Crippen LogP) is 1.87. The van der Waals surface area contributed by atoms with E-state index in [0.717, 1.165) is 12.8 Å². The molecule has 1 amide bonds. The van der Waals surface area contributed by atoms with Crippen molar-refractivity contribution < 1.29 is 9.72 Å². The molecule has 1 N–H and O–H groups in total. The van der Waals surface area contributed by atoms with E-state index in [0.29, 0.717) is 5.56 Å². The smallest absolute Gasteiger partial charge is 0.293 e. The number of hydrogen-bond donors (Lipinski definition) is 1. The van der Waals surface area contributed by atoms with Gasteiger partial charge in [0, 0.05) is 26.2 Å². The molecule has 18 heavy (non-hydrogen) atoms. The van der Waals surface area contributed by atoms with Gasteiger partial charge < -0.3 is 10.2 Å². The van der Waals surface area contributed by atoms with E-state index < -0.39 is 4.92 Å². The monoisotopic (exact) mass is 249 g/mol. The standard InChI is InChI=1S/C12H15N3O3/c1-13-11-9(4-3-5-10(11)15(17)18)12(16)14(2)8-6-7-8/h3-5,8,13H,6-7H2,1-2H3. The lowest BCUT2D eigenvalue weighted by atomic mass is 10.1. The van der Waals surface area contributed by atoms with Gasteiger partial charge in [0.05, 0.1) is 10.5 Å². The molecule has 1 aromatic rings. The molecule has 6 heteroatoms. The van der Waals surface area contributed by atoms with Gasteiger partial charge in [0.1, 0.15) is 5.69 Å². The molecule has 1 aliphatic carbocycles. The number of para-hydroxylation sites is 1. The third-order valence-corrected chi connectivity index (χ3v) is 3.13. The highest BCUT2D eigenvalue weighted by molar-refractivity contribution is 6.01. The third-order valence-electron chi connectivity index (χ3n) is 3.13. The summed E-state index contributed by atoms with van der Waals surface area (Å²) in [7, 11) is 3.31. The maximum absolute atomic E-state index is 12.2. The molecule has 1 aliphatic rings. The van der Waals surface area contributed by atoms with Crippen molar-refractivity contribution in [1.29, 1.82) is 0 Å². The topological polar surface area (TPSA) is 75.5 Å². The summed E-state index contributed by atoms with van der Waals surface area (Å²) in [4.78, 5) is 24.3. The molecule has 1 fully saturated rings. The highest BCUT2D eigenvalue weighted by Gasteiger charge is 2.32. The Hall–Kier alpha value is -2.11. The zero-order valence-electron chi connectivity index (χ0n) is 10.3. The molecule has 0 heterocycles. The Morgan fingerprint density at radius 3 is 2.67 bits per heavy atom. The summed E-state index contributed by atoms with van der Waals surface area (Å²) in [6.07, 6.45) is 2.01. The van der Waals surface area contributed by atoms with Crippen molar-refractivity contribution in [2.45, 2.75) is 18.9 Å². The molecular weight excluding hydrogens is 234 g/mol. The number of amides is 1. The van der Waals surface area contributed by atoms with E-state index in [-0.39, 0.29) is 23.3 Å². The van der Waals surface area contributed by atoms with Crippen LogP contribution >= 0.6 is 0 Å². The van der Waals surface area contributed by atoms with Crippen LogP contribution in [0.1, 0.15) is 23.2 Å². The van der Waals surface area contributed by atoms with Crippen molar-refractivity contribution in [2.24, 2.45) is 0 Å². The van der Waals surface area contributed by atoms with Gasteiger partial charge >= 0.3 is 0 Å². The molecule has 0 unspecified atom stereocenters. The van der Waals surface area contributed by atoms with Gasteiger partial charge in [-0.05, 0) is 18.9 Å². The number of rotatable bonds is 4. The number of benzene rings is 1. The Balaban J connectivity index is 2.40. The molecule has 0 aromatic heterocycles. The second kappa shape index (κ2) is 4.64. The normalized spacial score (nSPS) is 14.1. The molecule has 6 nitrogen and oxygen atoms in total. The van der Waals surface area contributed by atoms with Crippen molar-refractivity contribution in [3.05, 3.63) is 33.9 Å². The summed E-state index contributed by atoms with van der Waals surface area (Å²) in [5.74, 6) is -0.175. The van der Waals surface area contributed by atoms with E-state index in [2.05, 4.69) is 5.32 Å². The maximum Gasteiger partial charge on any atom is 0.293 e. The Morgan fingerprint density at radius 2 is 2.17 bits per heavy atom. The summed E-state index contributed by atoms with van der Waals surface area (Å²) in [5.41, 5.74) is 0.550. The molecule has 0 spiro atoms. The van der Waals surface area contributed by atoms with Crippen molar-refractivity contribution >= 4 is 17.3 Å². The molecule has 2 rings (SSSR count). The zero-order valence-corrected chi connectivity index (χ0v) is 10.3. The van der Waals surface area contributed by atoms with Crippen LogP contribution in [-0.4, -0.2) is 35.9 Å². The number of hydrogen-bond acceptors (Lipinski definition) is 4. The van der Waals surface area contributed by atoms with E-state index in [1.54, 1.807) is 25.1 Å². The van der Waals surface area contributed by atoms with Gasteiger partial charge in [-0.15, -0.1) is 0 Å². The second-order valence-corrected chi connectivity index (χ2v) is 4.35. The number of nitrogens with zero attached hydrogens (tertiary/aromatic N) is 2. The van der Waals surface area contributed by atoms with Gasteiger partial charge in [-0.2, -0.15) is 0 Å². The Labute approximate surface area is 105 Å². The highest BCUT2D eigenvalue weighted by Crippen LogP contribution is 2.32.